The molecule has 2 rings (SSSR count). The molecule has 0 N–H and O–H groups in total. The van der Waals surface area contributed by atoms with Gasteiger partial charge in [0.2, 0.25) is 0 Å². The third-order valence-corrected chi connectivity index (χ3v) is 3.85. The zero-order chi connectivity index (χ0) is 11.9. The number of hydrogen-bond donors (Lipinski definition) is 0. The maximum Gasteiger partial charge on any atom is 0.269 e. The van der Waals surface area contributed by atoms with Gasteiger partial charge in [-0.15, -0.1) is 0 Å². The molecule has 0 aliphatic heterocycles. The fourth-order valence-electron chi connectivity index (χ4n) is 1.57. The van der Waals surface area contributed by atoms with Crippen LogP contribution in [-0.4, -0.2) is 11.1 Å². The van der Waals surface area contributed by atoms with Crippen molar-refractivity contribution in [1.82, 2.24) is 3.96 Å². The Hall–Kier alpha value is -1.29. The van der Waals surface area contributed by atoms with Crippen LogP contribution in [0.25, 0.3) is 10.1 Å². The molecule has 0 saturated carbocycles. The molecule has 0 aliphatic carbocycles. The van der Waals surface area contributed by atoms with Crippen LogP contribution in [0.15, 0.2) is 23.0 Å². The molecule has 0 amide bonds. The molecule has 0 spiro atoms. The van der Waals surface area contributed by atoms with E-state index in [0.717, 1.165) is 15.8 Å². The van der Waals surface area contributed by atoms with Gasteiger partial charge in [0.05, 0.1) is 22.7 Å². The summed E-state index contributed by atoms with van der Waals surface area (Å²) in [4.78, 5) is 12.2. The quantitative estimate of drug-likeness (QED) is 0.763. The lowest BCUT2D eigenvalue weighted by Crippen LogP contribution is -2.29. The lowest BCUT2D eigenvalue weighted by Gasteiger charge is -2.17. The lowest BCUT2D eigenvalue weighted by molar-refractivity contribution is 0.414. The van der Waals surface area contributed by atoms with Crippen molar-refractivity contribution >= 4 is 21.6 Å². The van der Waals surface area contributed by atoms with Crippen molar-refractivity contribution < 1.29 is 4.74 Å². The Morgan fingerprint density at radius 3 is 2.56 bits per heavy atom. The van der Waals surface area contributed by atoms with Gasteiger partial charge in [0.1, 0.15) is 5.75 Å². The minimum absolute atomic E-state index is 0.0615. The van der Waals surface area contributed by atoms with Crippen molar-refractivity contribution in [3.05, 3.63) is 28.6 Å². The van der Waals surface area contributed by atoms with Crippen molar-refractivity contribution in [1.29, 1.82) is 0 Å². The maximum atomic E-state index is 12.2. The van der Waals surface area contributed by atoms with Crippen LogP contribution >= 0.6 is 11.5 Å². The number of hydrogen-bond acceptors (Lipinski definition) is 3. The van der Waals surface area contributed by atoms with Crippen LogP contribution in [0.5, 0.6) is 5.75 Å². The predicted octanol–water partition coefficient (Wildman–Crippen LogP) is 2.83. The van der Waals surface area contributed by atoms with Crippen LogP contribution in [0.2, 0.25) is 0 Å². The largest absolute Gasteiger partial charge is 0.497 e. The summed E-state index contributed by atoms with van der Waals surface area (Å²) in [6, 6.07) is 5.62. The third kappa shape index (κ3) is 1.73. The van der Waals surface area contributed by atoms with Crippen LogP contribution in [0.1, 0.15) is 20.8 Å². The van der Waals surface area contributed by atoms with E-state index in [9.17, 15) is 4.79 Å². The number of fused-ring (bicyclic) bond motifs is 1. The third-order valence-electron chi connectivity index (χ3n) is 2.40. The number of methoxy groups -OCH3 is 1. The number of nitrogens with zero attached hydrogens (tertiary/aromatic N) is 1. The Balaban J connectivity index is 2.74. The first kappa shape index (κ1) is 11.2. The summed E-state index contributed by atoms with van der Waals surface area (Å²) < 4.78 is 7.93. The van der Waals surface area contributed by atoms with E-state index in [0.29, 0.717) is 0 Å². The molecular formula is C12H15NO2S. The normalized spacial score (nSPS) is 12.0. The second kappa shape index (κ2) is 3.63. The molecule has 0 fully saturated rings. The highest BCUT2D eigenvalue weighted by molar-refractivity contribution is 7.13. The van der Waals surface area contributed by atoms with E-state index in [1.165, 1.54) is 11.5 Å². The highest BCUT2D eigenvalue weighted by Crippen LogP contribution is 2.25. The summed E-state index contributed by atoms with van der Waals surface area (Å²) in [7, 11) is 1.61. The van der Waals surface area contributed by atoms with Crippen LogP contribution in [-0.2, 0) is 5.54 Å². The van der Waals surface area contributed by atoms with Gasteiger partial charge in [0.15, 0.2) is 0 Å². The first-order valence-corrected chi connectivity index (χ1v) is 5.91. The second-order valence-electron chi connectivity index (χ2n) is 4.72. The number of rotatable bonds is 1. The van der Waals surface area contributed by atoms with Gasteiger partial charge >= 0.3 is 0 Å². The Morgan fingerprint density at radius 1 is 1.31 bits per heavy atom. The van der Waals surface area contributed by atoms with Crippen molar-refractivity contribution in [3.63, 3.8) is 0 Å². The van der Waals surface area contributed by atoms with E-state index in [4.69, 9.17) is 4.74 Å². The van der Waals surface area contributed by atoms with E-state index < -0.39 is 0 Å². The zero-order valence-corrected chi connectivity index (χ0v) is 10.7. The van der Waals surface area contributed by atoms with E-state index in [1.807, 2.05) is 32.9 Å². The highest BCUT2D eigenvalue weighted by Gasteiger charge is 2.19. The molecule has 86 valence electrons. The molecule has 0 unspecified atom stereocenters. The molecule has 0 bridgehead atoms. The van der Waals surface area contributed by atoms with Gasteiger partial charge in [-0.2, -0.15) is 0 Å². The Morgan fingerprint density at radius 2 is 2.00 bits per heavy atom. The molecular weight excluding hydrogens is 222 g/mol. The van der Waals surface area contributed by atoms with Gasteiger partial charge in [-0.1, -0.05) is 11.5 Å². The zero-order valence-electron chi connectivity index (χ0n) is 9.90. The van der Waals surface area contributed by atoms with E-state index in [2.05, 4.69) is 0 Å². The Bertz CT molecular complexity index is 575. The maximum absolute atomic E-state index is 12.2. The average molecular weight is 237 g/mol. The fraction of sp³-hybridized carbons (Fsp3) is 0.417. The lowest BCUT2D eigenvalue weighted by atomic mass is 10.1. The molecule has 4 heteroatoms. The minimum Gasteiger partial charge on any atom is -0.497 e. The van der Waals surface area contributed by atoms with Gasteiger partial charge in [0, 0.05) is 0 Å². The van der Waals surface area contributed by atoms with Gasteiger partial charge in [-0.05, 0) is 39.0 Å². The van der Waals surface area contributed by atoms with Gasteiger partial charge in [-0.25, -0.2) is 0 Å². The highest BCUT2D eigenvalue weighted by atomic mass is 32.1. The molecule has 0 atom stereocenters. The molecule has 0 aliphatic rings. The van der Waals surface area contributed by atoms with E-state index in [-0.39, 0.29) is 11.1 Å². The first-order chi connectivity index (χ1) is 7.43. The van der Waals surface area contributed by atoms with Crippen molar-refractivity contribution in [2.75, 3.05) is 7.11 Å². The minimum atomic E-state index is -0.173. The van der Waals surface area contributed by atoms with Crippen LogP contribution in [0, 0.1) is 0 Å². The molecule has 3 nitrogen and oxygen atoms in total. The topological polar surface area (TPSA) is 31.2 Å². The molecule has 1 aromatic heterocycles. The fourth-order valence-corrected chi connectivity index (χ4v) is 2.60. The molecule has 2 aromatic rings. The standard InChI is InChI=1S/C12H15NO2S/c1-12(2,3)13-11(14)9-7-8(15-4)5-6-10(9)16-13/h5-7H,1-4H3. The molecule has 0 radical (unpaired) electrons. The van der Waals surface area contributed by atoms with E-state index in [1.54, 1.807) is 17.1 Å². The van der Waals surface area contributed by atoms with Crippen molar-refractivity contribution in [2.24, 2.45) is 0 Å². The van der Waals surface area contributed by atoms with Crippen LogP contribution < -0.4 is 10.3 Å². The van der Waals surface area contributed by atoms with Crippen LogP contribution in [0.3, 0.4) is 0 Å². The number of ether oxygens (including phenoxy) is 1. The van der Waals surface area contributed by atoms with Crippen LogP contribution in [0.4, 0.5) is 0 Å². The number of aromatic nitrogens is 1. The number of benzene rings is 1. The van der Waals surface area contributed by atoms with Gasteiger partial charge < -0.3 is 4.74 Å². The summed E-state index contributed by atoms with van der Waals surface area (Å²) >= 11 is 1.50. The average Bonchev–Trinajstić information content (AvgIpc) is 2.55. The Labute approximate surface area is 98.4 Å². The summed E-state index contributed by atoms with van der Waals surface area (Å²) in [5, 5.41) is 0.735. The van der Waals surface area contributed by atoms with Gasteiger partial charge in [0.25, 0.3) is 5.56 Å². The summed E-state index contributed by atoms with van der Waals surface area (Å²) in [5.41, 5.74) is -0.111. The molecule has 1 aromatic carbocycles. The summed E-state index contributed by atoms with van der Waals surface area (Å²) in [6.45, 7) is 6.09. The van der Waals surface area contributed by atoms with Crippen molar-refractivity contribution in [2.45, 2.75) is 26.3 Å². The summed E-state index contributed by atoms with van der Waals surface area (Å²) in [6.07, 6.45) is 0. The van der Waals surface area contributed by atoms with Gasteiger partial charge in [-0.3, -0.25) is 8.75 Å². The summed E-state index contributed by atoms with van der Waals surface area (Å²) in [5.74, 6) is 0.725. The monoisotopic (exact) mass is 237 g/mol. The van der Waals surface area contributed by atoms with E-state index >= 15 is 0 Å². The molecule has 16 heavy (non-hydrogen) atoms. The smallest absolute Gasteiger partial charge is 0.269 e. The van der Waals surface area contributed by atoms with Crippen molar-refractivity contribution in [3.8, 4) is 5.75 Å². The molecule has 1 heterocycles. The predicted molar refractivity (Wildman–Crippen MR) is 67.6 cm³/mol. The second-order valence-corrected chi connectivity index (χ2v) is 5.71. The Kier molecular flexibility index (Phi) is 2.54. The SMILES string of the molecule is COc1ccc2sn(C(C)(C)C)c(=O)c2c1. The first-order valence-electron chi connectivity index (χ1n) is 5.14. The molecule has 0 saturated heterocycles.